The number of benzene rings is 1. The first-order chi connectivity index (χ1) is 11.2. The van der Waals surface area contributed by atoms with Crippen LogP contribution in [0.25, 0.3) is 0 Å². The molecule has 2 aromatic rings. The molecule has 1 amide bonds. The van der Waals surface area contributed by atoms with Crippen LogP contribution in [0.5, 0.6) is 0 Å². The van der Waals surface area contributed by atoms with Gasteiger partial charge in [0, 0.05) is 6.20 Å². The maximum absolute atomic E-state index is 12.9. The predicted molar refractivity (Wildman–Crippen MR) is 78.7 cm³/mol. The summed E-state index contributed by atoms with van der Waals surface area (Å²) in [6, 6.07) is 6.66. The zero-order valence-electron chi connectivity index (χ0n) is 12.6. The number of carbonyl (C=O) groups excluding carboxylic acids is 1. The van der Waals surface area contributed by atoms with Crippen LogP contribution in [0.3, 0.4) is 0 Å². The molecular formula is C16H14F4N2O2. The van der Waals surface area contributed by atoms with E-state index in [1.54, 1.807) is 6.92 Å². The molecule has 1 unspecified atom stereocenters. The lowest BCUT2D eigenvalue weighted by molar-refractivity contribution is -0.139. The molecular weight excluding hydrogens is 328 g/mol. The van der Waals surface area contributed by atoms with Crippen LogP contribution in [0.4, 0.5) is 17.6 Å². The lowest BCUT2D eigenvalue weighted by Crippen LogP contribution is -2.35. The third-order valence-electron chi connectivity index (χ3n) is 3.39. The number of amides is 1. The van der Waals surface area contributed by atoms with E-state index >= 15 is 0 Å². The highest BCUT2D eigenvalue weighted by Crippen LogP contribution is 2.25. The lowest BCUT2D eigenvalue weighted by atomic mass is 10.1. The molecule has 0 saturated heterocycles. The molecule has 0 bridgehead atoms. The molecule has 1 aromatic carbocycles. The molecule has 0 fully saturated rings. The Labute approximate surface area is 134 Å². The lowest BCUT2D eigenvalue weighted by Gasteiger charge is -2.15. The van der Waals surface area contributed by atoms with Gasteiger partial charge < -0.3 is 9.88 Å². The van der Waals surface area contributed by atoms with E-state index in [0.717, 1.165) is 12.3 Å². The number of nitrogens with zero attached hydrogens (tertiary/aromatic N) is 1. The molecule has 0 aliphatic rings. The van der Waals surface area contributed by atoms with E-state index in [-0.39, 0.29) is 0 Å². The third-order valence-corrected chi connectivity index (χ3v) is 3.39. The van der Waals surface area contributed by atoms with Gasteiger partial charge in [0.25, 0.3) is 5.56 Å². The Balaban J connectivity index is 2.10. The Kier molecular flexibility index (Phi) is 5.06. The van der Waals surface area contributed by atoms with Crippen LogP contribution in [0, 0.1) is 5.82 Å². The molecule has 0 aliphatic carbocycles. The van der Waals surface area contributed by atoms with Crippen molar-refractivity contribution in [2.75, 3.05) is 0 Å². The van der Waals surface area contributed by atoms with Crippen molar-refractivity contribution in [3.63, 3.8) is 0 Å². The Morgan fingerprint density at radius 1 is 1.21 bits per heavy atom. The van der Waals surface area contributed by atoms with Crippen molar-refractivity contribution in [2.45, 2.75) is 25.7 Å². The number of halogens is 4. The van der Waals surface area contributed by atoms with E-state index in [4.69, 9.17) is 0 Å². The summed E-state index contributed by atoms with van der Waals surface area (Å²) in [6.07, 6.45) is -3.67. The molecule has 1 atom stereocenters. The normalized spacial score (nSPS) is 12.7. The highest BCUT2D eigenvalue weighted by Gasteiger charge is 2.34. The van der Waals surface area contributed by atoms with E-state index in [1.165, 1.54) is 24.3 Å². The number of pyridine rings is 1. The van der Waals surface area contributed by atoms with Crippen molar-refractivity contribution in [2.24, 2.45) is 0 Å². The second-order valence-corrected chi connectivity index (χ2v) is 5.19. The fraction of sp³-hybridized carbons (Fsp3) is 0.250. The van der Waals surface area contributed by atoms with Crippen molar-refractivity contribution in [1.82, 2.24) is 9.88 Å². The number of alkyl halides is 3. The number of carbonyl (C=O) groups is 1. The summed E-state index contributed by atoms with van der Waals surface area (Å²) in [7, 11) is 0. The number of rotatable bonds is 4. The quantitative estimate of drug-likeness (QED) is 0.869. The summed E-state index contributed by atoms with van der Waals surface area (Å²) in [6.45, 7) is 1.09. The first kappa shape index (κ1) is 17.7. The van der Waals surface area contributed by atoms with E-state index in [2.05, 4.69) is 5.32 Å². The van der Waals surface area contributed by atoms with Gasteiger partial charge in [0.05, 0.1) is 6.04 Å². The SMILES string of the molecule is CC(NC(=O)Cn1cccc(C(F)(F)F)c1=O)c1ccc(F)cc1. The van der Waals surface area contributed by atoms with E-state index in [0.29, 0.717) is 16.2 Å². The van der Waals surface area contributed by atoms with Gasteiger partial charge in [-0.1, -0.05) is 12.1 Å². The standard InChI is InChI=1S/C16H14F4N2O2/c1-10(11-4-6-12(17)7-5-11)21-14(23)9-22-8-2-3-13(15(22)24)16(18,19)20/h2-8,10H,9H2,1H3,(H,21,23). The van der Waals surface area contributed by atoms with Crippen LogP contribution in [-0.2, 0) is 17.5 Å². The first-order valence-electron chi connectivity index (χ1n) is 7.00. The smallest absolute Gasteiger partial charge is 0.348 e. The van der Waals surface area contributed by atoms with Crippen molar-refractivity contribution in [3.8, 4) is 0 Å². The zero-order chi connectivity index (χ0) is 17.9. The van der Waals surface area contributed by atoms with Crippen molar-refractivity contribution < 1.29 is 22.4 Å². The Morgan fingerprint density at radius 2 is 1.83 bits per heavy atom. The van der Waals surface area contributed by atoms with Crippen LogP contribution >= 0.6 is 0 Å². The van der Waals surface area contributed by atoms with Gasteiger partial charge in [0.2, 0.25) is 5.91 Å². The Morgan fingerprint density at radius 3 is 2.42 bits per heavy atom. The van der Waals surface area contributed by atoms with E-state index in [1.807, 2.05) is 0 Å². The maximum Gasteiger partial charge on any atom is 0.421 e. The fourth-order valence-corrected chi connectivity index (χ4v) is 2.15. The second kappa shape index (κ2) is 6.86. The van der Waals surface area contributed by atoms with Crippen LogP contribution in [0.1, 0.15) is 24.1 Å². The van der Waals surface area contributed by atoms with Gasteiger partial charge >= 0.3 is 6.18 Å². The average molecular weight is 342 g/mol. The molecule has 1 N–H and O–H groups in total. The molecule has 4 nitrogen and oxygen atoms in total. The molecule has 1 heterocycles. The Hall–Kier alpha value is -2.64. The summed E-state index contributed by atoms with van der Waals surface area (Å²) in [5.41, 5.74) is -1.99. The molecule has 128 valence electrons. The van der Waals surface area contributed by atoms with Crippen LogP contribution in [0.2, 0.25) is 0 Å². The number of aromatic nitrogens is 1. The Bertz CT molecular complexity index is 782. The highest BCUT2D eigenvalue weighted by atomic mass is 19.4. The van der Waals surface area contributed by atoms with E-state index < -0.39 is 41.6 Å². The summed E-state index contributed by atoms with van der Waals surface area (Å²) < 4.78 is 51.6. The largest absolute Gasteiger partial charge is 0.421 e. The van der Waals surface area contributed by atoms with Gasteiger partial charge in [-0.15, -0.1) is 0 Å². The van der Waals surface area contributed by atoms with Gasteiger partial charge in [0.15, 0.2) is 0 Å². The molecule has 24 heavy (non-hydrogen) atoms. The minimum atomic E-state index is -4.78. The molecule has 0 aliphatic heterocycles. The molecule has 8 heteroatoms. The van der Waals surface area contributed by atoms with Crippen LogP contribution in [-0.4, -0.2) is 10.5 Å². The molecule has 0 radical (unpaired) electrons. The van der Waals surface area contributed by atoms with Gasteiger partial charge in [-0.05, 0) is 36.8 Å². The number of hydrogen-bond acceptors (Lipinski definition) is 2. The van der Waals surface area contributed by atoms with E-state index in [9.17, 15) is 27.2 Å². The van der Waals surface area contributed by atoms with Crippen LogP contribution in [0.15, 0.2) is 47.4 Å². The van der Waals surface area contributed by atoms with Crippen LogP contribution < -0.4 is 10.9 Å². The van der Waals surface area contributed by atoms with Gasteiger partial charge in [-0.3, -0.25) is 9.59 Å². The van der Waals surface area contributed by atoms with Crippen molar-refractivity contribution >= 4 is 5.91 Å². The summed E-state index contributed by atoms with van der Waals surface area (Å²) in [4.78, 5) is 23.7. The molecule has 1 aromatic heterocycles. The molecule has 0 saturated carbocycles. The summed E-state index contributed by atoms with van der Waals surface area (Å²) in [5, 5.41) is 2.55. The second-order valence-electron chi connectivity index (χ2n) is 5.19. The van der Waals surface area contributed by atoms with Gasteiger partial charge in [-0.2, -0.15) is 13.2 Å². The van der Waals surface area contributed by atoms with Gasteiger partial charge in [-0.25, -0.2) is 4.39 Å². The molecule has 0 spiro atoms. The minimum absolute atomic E-state index is 0.423. The number of hydrogen-bond donors (Lipinski definition) is 1. The topological polar surface area (TPSA) is 51.1 Å². The maximum atomic E-state index is 12.9. The fourth-order valence-electron chi connectivity index (χ4n) is 2.15. The predicted octanol–water partition coefficient (Wildman–Crippen LogP) is 2.88. The molecule has 2 rings (SSSR count). The van der Waals surface area contributed by atoms with Gasteiger partial charge in [0.1, 0.15) is 17.9 Å². The van der Waals surface area contributed by atoms with Crippen molar-refractivity contribution in [1.29, 1.82) is 0 Å². The highest BCUT2D eigenvalue weighted by molar-refractivity contribution is 5.76. The summed E-state index contributed by atoms with van der Waals surface area (Å²) >= 11 is 0. The summed E-state index contributed by atoms with van der Waals surface area (Å²) in [5.74, 6) is -1.05. The van der Waals surface area contributed by atoms with Crippen molar-refractivity contribution in [3.05, 3.63) is 69.9 Å². The first-order valence-corrected chi connectivity index (χ1v) is 7.00. The average Bonchev–Trinajstić information content (AvgIpc) is 2.48. The number of nitrogens with one attached hydrogen (secondary N) is 1. The minimum Gasteiger partial charge on any atom is -0.348 e. The third kappa shape index (κ3) is 4.21. The zero-order valence-corrected chi connectivity index (χ0v) is 12.6. The monoisotopic (exact) mass is 342 g/mol.